The Morgan fingerprint density at radius 3 is 1.38 bits per heavy atom. The summed E-state index contributed by atoms with van der Waals surface area (Å²) in [5.74, 6) is 3.21. The molecule has 0 radical (unpaired) electrons. The van der Waals surface area contributed by atoms with Crippen LogP contribution in [0.2, 0.25) is 0 Å². The maximum Gasteiger partial charge on any atom is 0.118 e. The molecule has 1 aliphatic heterocycles. The Morgan fingerprint density at radius 2 is 0.946 bits per heavy atom. The average Bonchev–Trinajstić information content (AvgIpc) is 3.26. The van der Waals surface area contributed by atoms with Crippen molar-refractivity contribution in [1.29, 1.82) is 0 Å². The number of para-hydroxylation sites is 1. The maximum absolute atomic E-state index is 5.56. The quantitative estimate of drug-likeness (QED) is 0.0966. The summed E-state index contributed by atoms with van der Waals surface area (Å²) in [5.41, 5.74) is 9.80. The first-order valence-electron chi connectivity index (χ1n) is 19.0. The minimum atomic E-state index is 0.802. The van der Waals surface area contributed by atoms with E-state index < -0.39 is 0 Å². The lowest BCUT2D eigenvalue weighted by atomic mass is 9.97. The van der Waals surface area contributed by atoms with Crippen LogP contribution >= 0.6 is 11.8 Å². The molecule has 1 aliphatic rings. The van der Waals surface area contributed by atoms with Gasteiger partial charge >= 0.3 is 0 Å². The monoisotopic (exact) mass is 760 g/mol. The summed E-state index contributed by atoms with van der Waals surface area (Å²) < 4.78 is 22.2. The highest BCUT2D eigenvalue weighted by Gasteiger charge is 2.24. The van der Waals surface area contributed by atoms with E-state index in [0.29, 0.717) is 0 Å². The summed E-state index contributed by atoms with van der Waals surface area (Å²) in [5, 5.41) is 0. The first-order valence-corrected chi connectivity index (χ1v) is 19.8. The van der Waals surface area contributed by atoms with Gasteiger partial charge in [-0.15, -0.1) is 0 Å². The van der Waals surface area contributed by atoms with Crippen LogP contribution in [-0.2, 0) is 0 Å². The van der Waals surface area contributed by atoms with Crippen LogP contribution in [0.25, 0.3) is 11.1 Å². The molecule has 0 spiro atoms. The largest absolute Gasteiger partial charge is 0.497 e. The lowest BCUT2D eigenvalue weighted by Crippen LogP contribution is -2.22. The van der Waals surface area contributed by atoms with Crippen LogP contribution in [0.1, 0.15) is 48.4 Å². The number of fused-ring (bicyclic) bond motifs is 2. The highest BCUT2D eigenvalue weighted by atomic mass is 32.2. The van der Waals surface area contributed by atoms with Crippen LogP contribution in [0.3, 0.4) is 0 Å². The number of unbranched alkanes of at least 4 members (excludes halogenated alkanes) is 2. The van der Waals surface area contributed by atoms with Crippen molar-refractivity contribution in [2.24, 2.45) is 0 Å². The van der Waals surface area contributed by atoms with Crippen molar-refractivity contribution in [3.05, 3.63) is 174 Å². The van der Waals surface area contributed by atoms with E-state index in [0.717, 1.165) is 75.1 Å². The summed E-state index contributed by atoms with van der Waals surface area (Å²) in [6.07, 6.45) is 7.98. The zero-order valence-electron chi connectivity index (χ0n) is 32.7. The molecule has 0 aliphatic carbocycles. The number of anilines is 3. The second kappa shape index (κ2) is 18.1. The molecular formula is C49H48N2O4S. The highest BCUT2D eigenvalue weighted by Crippen LogP contribution is 2.49. The Labute approximate surface area is 335 Å². The predicted molar refractivity (Wildman–Crippen MR) is 232 cm³/mol. The van der Waals surface area contributed by atoms with Crippen molar-refractivity contribution >= 4 is 40.0 Å². The lowest BCUT2D eigenvalue weighted by molar-refractivity contribution is 0.414. The third-order valence-electron chi connectivity index (χ3n) is 10.0. The first kappa shape index (κ1) is 38.2. The molecule has 0 fully saturated rings. The molecular weight excluding hydrogens is 713 g/mol. The number of hydrogen-bond acceptors (Lipinski definition) is 7. The maximum atomic E-state index is 5.56. The van der Waals surface area contributed by atoms with E-state index in [1.165, 1.54) is 34.0 Å². The molecule has 0 saturated heterocycles. The van der Waals surface area contributed by atoms with Gasteiger partial charge in [-0.05, 0) is 108 Å². The summed E-state index contributed by atoms with van der Waals surface area (Å²) in [4.78, 5) is 7.24. The molecule has 6 aromatic carbocycles. The summed E-state index contributed by atoms with van der Waals surface area (Å²) in [6, 6.07) is 48.5. The van der Waals surface area contributed by atoms with Crippen molar-refractivity contribution in [3.63, 3.8) is 0 Å². The third-order valence-corrected chi connectivity index (χ3v) is 11.1. The average molecular weight is 761 g/mol. The van der Waals surface area contributed by atoms with E-state index in [2.05, 4.69) is 120 Å². The molecule has 0 bridgehead atoms. The van der Waals surface area contributed by atoms with E-state index in [9.17, 15) is 0 Å². The molecule has 7 rings (SSSR count). The van der Waals surface area contributed by atoms with E-state index in [1.54, 1.807) is 28.4 Å². The fraction of sp³-hybridized carbons (Fsp3) is 0.184. The molecule has 0 aromatic heterocycles. The second-order valence-corrected chi connectivity index (χ2v) is 14.6. The number of rotatable bonds is 15. The van der Waals surface area contributed by atoms with E-state index in [4.69, 9.17) is 18.9 Å². The minimum Gasteiger partial charge on any atom is -0.497 e. The van der Waals surface area contributed by atoms with Crippen LogP contribution in [0.5, 0.6) is 23.0 Å². The zero-order valence-corrected chi connectivity index (χ0v) is 33.5. The highest BCUT2D eigenvalue weighted by molar-refractivity contribution is 7.99. The molecule has 1 heterocycles. The molecule has 0 N–H and O–H groups in total. The lowest BCUT2D eigenvalue weighted by Gasteiger charge is -2.33. The van der Waals surface area contributed by atoms with Crippen molar-refractivity contribution in [1.82, 2.24) is 0 Å². The molecule has 284 valence electrons. The van der Waals surface area contributed by atoms with Crippen molar-refractivity contribution < 1.29 is 18.9 Å². The number of hydrogen-bond donors (Lipinski definition) is 0. The van der Waals surface area contributed by atoms with Crippen LogP contribution in [-0.4, -0.2) is 35.0 Å². The van der Waals surface area contributed by atoms with Gasteiger partial charge in [0.05, 0.1) is 39.8 Å². The summed E-state index contributed by atoms with van der Waals surface area (Å²) in [6.45, 7) is 3.23. The van der Waals surface area contributed by atoms with Gasteiger partial charge in [-0.2, -0.15) is 0 Å². The van der Waals surface area contributed by atoms with Gasteiger partial charge in [-0.3, -0.25) is 0 Å². The Morgan fingerprint density at radius 1 is 0.518 bits per heavy atom. The Hall–Kier alpha value is -6.05. The fourth-order valence-electron chi connectivity index (χ4n) is 6.92. The van der Waals surface area contributed by atoms with Gasteiger partial charge in [0.15, 0.2) is 0 Å². The molecule has 7 heteroatoms. The Kier molecular flexibility index (Phi) is 12.3. The standard InChI is InChI=1S/C49H48N2O4S/c1-6-7-10-31-51-46-11-8-9-12-48(46)56-49-32-39(21-30-47(49)51)50(33-44(35-13-22-40(52-2)23-14-35)36-15-24-41(53-3)25-16-36)34-45(37-17-26-42(54-4)27-18-37)38-19-28-43(55-5)29-20-38/h8-9,11-30,32-34H,6-7,10,31H2,1-5H3. The molecule has 0 unspecified atom stereocenters. The number of methoxy groups -OCH3 is 4. The van der Waals surface area contributed by atoms with Crippen molar-refractivity contribution in [2.45, 2.75) is 36.0 Å². The van der Waals surface area contributed by atoms with Crippen LogP contribution in [0.4, 0.5) is 17.1 Å². The Balaban J connectivity index is 1.45. The SMILES string of the molecule is CCCCCN1c2ccccc2Sc2cc(N(C=C(c3ccc(OC)cc3)c3ccc(OC)cc3)C=C(c3ccc(OC)cc3)c3ccc(OC)cc3)ccc21. The van der Waals surface area contributed by atoms with Gasteiger partial charge in [0.25, 0.3) is 0 Å². The van der Waals surface area contributed by atoms with Gasteiger partial charge in [0.1, 0.15) is 23.0 Å². The van der Waals surface area contributed by atoms with Crippen molar-refractivity contribution in [3.8, 4) is 23.0 Å². The summed E-state index contributed by atoms with van der Waals surface area (Å²) >= 11 is 1.83. The van der Waals surface area contributed by atoms with Gasteiger partial charge < -0.3 is 28.7 Å². The van der Waals surface area contributed by atoms with Crippen LogP contribution in [0, 0.1) is 0 Å². The molecule has 6 aromatic rings. The fourth-order valence-corrected chi connectivity index (χ4v) is 8.05. The van der Waals surface area contributed by atoms with Gasteiger partial charge in [-0.1, -0.05) is 92.2 Å². The Bertz CT molecular complexity index is 2070. The topological polar surface area (TPSA) is 43.4 Å². The van der Waals surface area contributed by atoms with Gasteiger partial charge in [0, 0.05) is 45.6 Å². The number of benzene rings is 6. The smallest absolute Gasteiger partial charge is 0.118 e. The van der Waals surface area contributed by atoms with Crippen molar-refractivity contribution in [2.75, 3.05) is 44.8 Å². The number of nitrogens with zero attached hydrogens (tertiary/aromatic N) is 2. The molecule has 0 atom stereocenters. The second-order valence-electron chi connectivity index (χ2n) is 13.5. The van der Waals surface area contributed by atoms with Gasteiger partial charge in [0.2, 0.25) is 0 Å². The van der Waals surface area contributed by atoms with Crippen LogP contribution < -0.4 is 28.7 Å². The number of ether oxygens (including phenoxy) is 4. The first-order chi connectivity index (χ1) is 27.5. The zero-order chi connectivity index (χ0) is 38.9. The van der Waals surface area contributed by atoms with E-state index in [-0.39, 0.29) is 0 Å². The van der Waals surface area contributed by atoms with Gasteiger partial charge in [-0.25, -0.2) is 0 Å². The normalized spacial score (nSPS) is 11.5. The van der Waals surface area contributed by atoms with E-state index >= 15 is 0 Å². The molecule has 6 nitrogen and oxygen atoms in total. The molecule has 0 saturated carbocycles. The third kappa shape index (κ3) is 8.59. The molecule has 0 amide bonds. The van der Waals surface area contributed by atoms with Crippen LogP contribution in [0.15, 0.2) is 162 Å². The predicted octanol–water partition coefficient (Wildman–Crippen LogP) is 12.5. The summed E-state index contributed by atoms with van der Waals surface area (Å²) in [7, 11) is 6.77. The molecule has 56 heavy (non-hydrogen) atoms. The van der Waals surface area contributed by atoms with E-state index in [1.807, 2.05) is 60.3 Å². The minimum absolute atomic E-state index is 0.802.